The minimum Gasteiger partial charge on any atom is -0.347 e. The maximum Gasteiger partial charge on any atom is 0.271 e. The molecule has 1 heterocycles. The number of anilines is 2. The summed E-state index contributed by atoms with van der Waals surface area (Å²) in [7, 11) is 0. The SMILES string of the molecule is Cc1ccc(CNC(=O)c2cnc(Nc3ccc(Cl)cc3C)cn2)cc1. The smallest absolute Gasteiger partial charge is 0.271 e. The Bertz CT molecular complexity index is 908. The van der Waals surface area contributed by atoms with Gasteiger partial charge in [0.25, 0.3) is 5.91 Å². The Balaban J connectivity index is 1.61. The van der Waals surface area contributed by atoms with Crippen LogP contribution in [0.1, 0.15) is 27.2 Å². The number of halogens is 1. The fourth-order valence-corrected chi connectivity index (χ4v) is 2.62. The Labute approximate surface area is 157 Å². The molecule has 3 aromatic rings. The van der Waals surface area contributed by atoms with Crippen LogP contribution in [0.2, 0.25) is 5.02 Å². The van der Waals surface area contributed by atoms with Crippen molar-refractivity contribution >= 4 is 29.0 Å². The van der Waals surface area contributed by atoms with Gasteiger partial charge in [0.15, 0.2) is 0 Å². The topological polar surface area (TPSA) is 66.9 Å². The third-order valence-corrected chi connectivity index (χ3v) is 4.14. The molecule has 0 aliphatic heterocycles. The fourth-order valence-electron chi connectivity index (χ4n) is 2.39. The molecule has 0 spiro atoms. The predicted molar refractivity (Wildman–Crippen MR) is 104 cm³/mol. The lowest BCUT2D eigenvalue weighted by Gasteiger charge is -2.09. The van der Waals surface area contributed by atoms with Gasteiger partial charge in [-0.25, -0.2) is 9.97 Å². The van der Waals surface area contributed by atoms with E-state index in [2.05, 4.69) is 20.6 Å². The molecule has 0 saturated carbocycles. The first-order valence-corrected chi connectivity index (χ1v) is 8.58. The van der Waals surface area contributed by atoms with E-state index in [9.17, 15) is 4.79 Å². The molecule has 1 aromatic heterocycles. The number of aryl methyl sites for hydroxylation is 2. The maximum absolute atomic E-state index is 12.2. The van der Waals surface area contributed by atoms with Gasteiger partial charge in [-0.2, -0.15) is 0 Å². The lowest BCUT2D eigenvalue weighted by molar-refractivity contribution is 0.0945. The quantitative estimate of drug-likeness (QED) is 0.701. The highest BCUT2D eigenvalue weighted by Crippen LogP contribution is 2.22. The summed E-state index contributed by atoms with van der Waals surface area (Å²) >= 11 is 5.96. The molecule has 1 amide bonds. The van der Waals surface area contributed by atoms with Crippen LogP contribution < -0.4 is 10.6 Å². The van der Waals surface area contributed by atoms with Crippen LogP contribution in [0.4, 0.5) is 11.5 Å². The van der Waals surface area contributed by atoms with Crippen LogP contribution in [0.25, 0.3) is 0 Å². The number of rotatable bonds is 5. The highest BCUT2D eigenvalue weighted by molar-refractivity contribution is 6.30. The van der Waals surface area contributed by atoms with E-state index >= 15 is 0 Å². The van der Waals surface area contributed by atoms with Crippen molar-refractivity contribution in [3.63, 3.8) is 0 Å². The molecule has 0 aliphatic rings. The molecule has 0 unspecified atom stereocenters. The molecular weight excluding hydrogens is 348 g/mol. The molecule has 0 atom stereocenters. The van der Waals surface area contributed by atoms with E-state index < -0.39 is 0 Å². The third kappa shape index (κ3) is 4.58. The van der Waals surface area contributed by atoms with E-state index in [1.165, 1.54) is 18.0 Å². The van der Waals surface area contributed by atoms with Crippen LogP contribution in [0.3, 0.4) is 0 Å². The fraction of sp³-hybridized carbons (Fsp3) is 0.150. The second kappa shape index (κ2) is 7.97. The Morgan fingerprint density at radius 2 is 1.81 bits per heavy atom. The number of carbonyl (C=O) groups is 1. The Morgan fingerprint density at radius 1 is 1.04 bits per heavy atom. The highest BCUT2D eigenvalue weighted by Gasteiger charge is 2.08. The van der Waals surface area contributed by atoms with Crippen molar-refractivity contribution in [2.24, 2.45) is 0 Å². The number of hydrogen-bond acceptors (Lipinski definition) is 4. The first-order chi connectivity index (χ1) is 12.5. The minimum absolute atomic E-state index is 0.257. The van der Waals surface area contributed by atoms with Crippen molar-refractivity contribution < 1.29 is 4.79 Å². The first-order valence-electron chi connectivity index (χ1n) is 8.20. The van der Waals surface area contributed by atoms with Gasteiger partial charge in [0.05, 0.1) is 12.4 Å². The average Bonchev–Trinajstić information content (AvgIpc) is 2.64. The van der Waals surface area contributed by atoms with Gasteiger partial charge in [-0.05, 0) is 43.2 Å². The molecule has 3 rings (SSSR count). The zero-order valence-electron chi connectivity index (χ0n) is 14.6. The van der Waals surface area contributed by atoms with Crippen LogP contribution in [-0.2, 0) is 6.54 Å². The van der Waals surface area contributed by atoms with Gasteiger partial charge in [-0.1, -0.05) is 41.4 Å². The van der Waals surface area contributed by atoms with Gasteiger partial charge in [-0.15, -0.1) is 0 Å². The molecule has 0 aliphatic carbocycles. The zero-order chi connectivity index (χ0) is 18.5. The van der Waals surface area contributed by atoms with Gasteiger partial charge in [0.1, 0.15) is 11.5 Å². The summed E-state index contributed by atoms with van der Waals surface area (Å²) in [5.41, 5.74) is 4.38. The van der Waals surface area contributed by atoms with Crippen molar-refractivity contribution in [2.75, 3.05) is 5.32 Å². The molecule has 0 fully saturated rings. The van der Waals surface area contributed by atoms with Gasteiger partial charge in [0, 0.05) is 17.3 Å². The second-order valence-electron chi connectivity index (χ2n) is 6.04. The molecule has 5 nitrogen and oxygen atoms in total. The monoisotopic (exact) mass is 366 g/mol. The van der Waals surface area contributed by atoms with Gasteiger partial charge >= 0.3 is 0 Å². The second-order valence-corrected chi connectivity index (χ2v) is 6.48. The number of aromatic nitrogens is 2. The molecule has 0 bridgehead atoms. The van der Waals surface area contributed by atoms with Gasteiger partial charge < -0.3 is 10.6 Å². The van der Waals surface area contributed by atoms with Crippen molar-refractivity contribution in [1.29, 1.82) is 0 Å². The summed E-state index contributed by atoms with van der Waals surface area (Å²) in [5, 5.41) is 6.69. The predicted octanol–water partition coefficient (Wildman–Crippen LogP) is 4.42. The van der Waals surface area contributed by atoms with Gasteiger partial charge in [0.2, 0.25) is 0 Å². The van der Waals surface area contributed by atoms with E-state index in [4.69, 9.17) is 11.6 Å². The first kappa shape index (κ1) is 17.9. The molecule has 0 saturated heterocycles. The van der Waals surface area contributed by atoms with Crippen molar-refractivity contribution in [3.05, 3.63) is 82.3 Å². The van der Waals surface area contributed by atoms with Crippen LogP contribution >= 0.6 is 11.6 Å². The van der Waals surface area contributed by atoms with Gasteiger partial charge in [-0.3, -0.25) is 4.79 Å². The summed E-state index contributed by atoms with van der Waals surface area (Å²) in [4.78, 5) is 20.6. The third-order valence-electron chi connectivity index (χ3n) is 3.91. The van der Waals surface area contributed by atoms with Crippen LogP contribution in [0, 0.1) is 13.8 Å². The molecule has 0 radical (unpaired) electrons. The summed E-state index contributed by atoms with van der Waals surface area (Å²) in [6.45, 7) is 4.43. The van der Waals surface area contributed by atoms with E-state index in [0.29, 0.717) is 17.4 Å². The number of nitrogens with zero attached hydrogens (tertiary/aromatic N) is 2. The number of amides is 1. The van der Waals surface area contributed by atoms with E-state index in [1.54, 1.807) is 6.07 Å². The van der Waals surface area contributed by atoms with Crippen LogP contribution in [0.15, 0.2) is 54.9 Å². The van der Waals surface area contributed by atoms with E-state index in [-0.39, 0.29) is 11.6 Å². The molecule has 26 heavy (non-hydrogen) atoms. The summed E-state index contributed by atoms with van der Waals surface area (Å²) < 4.78 is 0. The van der Waals surface area contributed by atoms with E-state index in [1.807, 2.05) is 50.2 Å². The largest absolute Gasteiger partial charge is 0.347 e. The van der Waals surface area contributed by atoms with Crippen molar-refractivity contribution in [3.8, 4) is 0 Å². The highest BCUT2D eigenvalue weighted by atomic mass is 35.5. The zero-order valence-corrected chi connectivity index (χ0v) is 15.3. The number of hydrogen-bond donors (Lipinski definition) is 2. The molecular formula is C20H19ClN4O. The summed E-state index contributed by atoms with van der Waals surface area (Å²) in [5.74, 6) is 0.304. The average molecular weight is 367 g/mol. The maximum atomic E-state index is 12.2. The molecule has 6 heteroatoms. The van der Waals surface area contributed by atoms with E-state index in [0.717, 1.165) is 16.8 Å². The Hall–Kier alpha value is -2.92. The lowest BCUT2D eigenvalue weighted by Crippen LogP contribution is -2.24. The summed E-state index contributed by atoms with van der Waals surface area (Å²) in [6, 6.07) is 13.6. The molecule has 132 valence electrons. The normalized spacial score (nSPS) is 10.4. The summed E-state index contributed by atoms with van der Waals surface area (Å²) in [6.07, 6.45) is 2.99. The van der Waals surface area contributed by atoms with Crippen molar-refractivity contribution in [2.45, 2.75) is 20.4 Å². The Morgan fingerprint density at radius 3 is 2.46 bits per heavy atom. The van der Waals surface area contributed by atoms with Crippen molar-refractivity contribution in [1.82, 2.24) is 15.3 Å². The lowest BCUT2D eigenvalue weighted by atomic mass is 10.1. The van der Waals surface area contributed by atoms with Crippen LogP contribution in [-0.4, -0.2) is 15.9 Å². The molecule has 2 aromatic carbocycles. The Kier molecular flexibility index (Phi) is 5.49. The number of carbonyl (C=O) groups excluding carboxylic acids is 1. The standard InChI is InChI=1S/C20H19ClN4O/c1-13-3-5-15(6-4-13)10-24-20(26)18-11-23-19(12-22-18)25-17-8-7-16(21)9-14(17)2/h3-9,11-12H,10H2,1-2H3,(H,23,25)(H,24,26). The molecule has 2 N–H and O–H groups in total. The number of benzene rings is 2. The minimum atomic E-state index is -0.257. The van der Waals surface area contributed by atoms with Crippen LogP contribution in [0.5, 0.6) is 0 Å². The number of nitrogens with one attached hydrogen (secondary N) is 2.